The predicted molar refractivity (Wildman–Crippen MR) is 78.7 cm³/mol. The number of aromatic nitrogens is 3. The lowest BCUT2D eigenvalue weighted by Gasteiger charge is -2.11. The Bertz CT molecular complexity index is 792. The number of hydrogen-bond acceptors (Lipinski definition) is 3. The van der Waals surface area contributed by atoms with Crippen molar-refractivity contribution in [2.24, 2.45) is 0 Å². The lowest BCUT2D eigenvalue weighted by molar-refractivity contribution is 0.599. The molecule has 0 aliphatic heterocycles. The molecule has 1 aromatic heterocycles. The molecule has 106 valence electrons. The zero-order valence-electron chi connectivity index (χ0n) is 11.5. The van der Waals surface area contributed by atoms with Gasteiger partial charge in [-0.1, -0.05) is 29.5 Å². The number of benzene rings is 2. The first-order chi connectivity index (χ1) is 10.3. The highest BCUT2D eigenvalue weighted by Crippen LogP contribution is 2.24. The molecule has 1 heterocycles. The van der Waals surface area contributed by atoms with Crippen molar-refractivity contribution in [3.8, 4) is 5.69 Å². The van der Waals surface area contributed by atoms with Gasteiger partial charge in [0.25, 0.3) is 0 Å². The lowest BCUT2D eigenvalue weighted by atomic mass is 10.1. The van der Waals surface area contributed by atoms with Gasteiger partial charge in [0.15, 0.2) is 0 Å². The summed E-state index contributed by atoms with van der Waals surface area (Å²) in [6.07, 6.45) is 2.41. The van der Waals surface area contributed by atoms with Crippen LogP contribution in [0.1, 0.15) is 18.4 Å². The van der Waals surface area contributed by atoms with E-state index >= 15 is 0 Å². The maximum atomic E-state index is 14.4. The van der Waals surface area contributed by atoms with Gasteiger partial charge in [-0.25, -0.2) is 9.07 Å². The van der Waals surface area contributed by atoms with Gasteiger partial charge in [0, 0.05) is 12.6 Å². The second-order valence-corrected chi connectivity index (χ2v) is 5.39. The molecule has 5 heteroatoms. The zero-order chi connectivity index (χ0) is 14.2. The van der Waals surface area contributed by atoms with Crippen LogP contribution in [-0.2, 0) is 6.54 Å². The quantitative estimate of drug-likeness (QED) is 0.800. The standard InChI is InChI=1S/C16H15FN4/c17-13-5-3-4-11(10-18-12-8-9-12)16(13)21-15-7-2-1-6-14(15)19-20-21/h1-7,12,18H,8-10H2. The summed E-state index contributed by atoms with van der Waals surface area (Å²) in [4.78, 5) is 0. The summed E-state index contributed by atoms with van der Waals surface area (Å²) in [6.45, 7) is 0.645. The molecule has 0 amide bonds. The smallest absolute Gasteiger partial charge is 0.149 e. The maximum Gasteiger partial charge on any atom is 0.149 e. The normalized spacial score (nSPS) is 14.7. The fourth-order valence-corrected chi connectivity index (χ4v) is 2.52. The van der Waals surface area contributed by atoms with Crippen LogP contribution in [0.5, 0.6) is 0 Å². The van der Waals surface area contributed by atoms with Gasteiger partial charge < -0.3 is 5.32 Å². The van der Waals surface area contributed by atoms with E-state index in [0.29, 0.717) is 18.3 Å². The predicted octanol–water partition coefficient (Wildman–Crippen LogP) is 2.81. The number of halogens is 1. The molecule has 0 spiro atoms. The minimum atomic E-state index is -0.277. The van der Waals surface area contributed by atoms with Gasteiger partial charge in [-0.05, 0) is 36.6 Å². The molecule has 2 aromatic carbocycles. The molecule has 1 fully saturated rings. The van der Waals surface area contributed by atoms with Crippen LogP contribution < -0.4 is 5.32 Å². The molecule has 3 aromatic rings. The summed E-state index contributed by atoms with van der Waals surface area (Å²) < 4.78 is 16.0. The first-order valence-corrected chi connectivity index (χ1v) is 7.14. The van der Waals surface area contributed by atoms with E-state index in [9.17, 15) is 4.39 Å². The molecule has 0 radical (unpaired) electrons. The highest BCUT2D eigenvalue weighted by molar-refractivity contribution is 5.76. The van der Waals surface area contributed by atoms with Crippen molar-refractivity contribution in [3.63, 3.8) is 0 Å². The topological polar surface area (TPSA) is 42.7 Å². The Morgan fingerprint density at radius 3 is 2.86 bits per heavy atom. The largest absolute Gasteiger partial charge is 0.310 e. The number of hydrogen-bond donors (Lipinski definition) is 1. The van der Waals surface area contributed by atoms with Crippen LogP contribution in [0.15, 0.2) is 42.5 Å². The Hall–Kier alpha value is -2.27. The van der Waals surface area contributed by atoms with Crippen LogP contribution in [0.4, 0.5) is 4.39 Å². The number of para-hydroxylation sites is 2. The summed E-state index contributed by atoms with van der Waals surface area (Å²) in [5, 5.41) is 11.7. The second-order valence-electron chi connectivity index (χ2n) is 5.39. The summed E-state index contributed by atoms with van der Waals surface area (Å²) in [5.74, 6) is -0.277. The van der Waals surface area contributed by atoms with Gasteiger partial charge >= 0.3 is 0 Å². The van der Waals surface area contributed by atoms with Gasteiger partial charge in [0.1, 0.15) is 17.0 Å². The van der Waals surface area contributed by atoms with Gasteiger partial charge in [-0.15, -0.1) is 5.10 Å². The molecule has 0 atom stereocenters. The molecule has 4 rings (SSSR count). The minimum Gasteiger partial charge on any atom is -0.310 e. The van der Waals surface area contributed by atoms with Crippen LogP contribution in [0, 0.1) is 5.82 Å². The minimum absolute atomic E-state index is 0.277. The van der Waals surface area contributed by atoms with E-state index in [1.165, 1.54) is 18.9 Å². The molecule has 4 nitrogen and oxygen atoms in total. The molecule has 1 saturated carbocycles. The Labute approximate surface area is 121 Å². The lowest BCUT2D eigenvalue weighted by Crippen LogP contribution is -2.17. The van der Waals surface area contributed by atoms with E-state index in [1.54, 1.807) is 10.7 Å². The van der Waals surface area contributed by atoms with Crippen LogP contribution in [0.3, 0.4) is 0 Å². The fourth-order valence-electron chi connectivity index (χ4n) is 2.52. The van der Waals surface area contributed by atoms with Gasteiger partial charge in [0.05, 0.1) is 5.52 Å². The molecule has 0 unspecified atom stereocenters. The molecule has 0 bridgehead atoms. The van der Waals surface area contributed by atoms with Crippen molar-refractivity contribution in [2.75, 3.05) is 0 Å². The summed E-state index contributed by atoms with van der Waals surface area (Å²) in [5.41, 5.74) is 2.97. The molecule has 1 aliphatic carbocycles. The maximum absolute atomic E-state index is 14.4. The highest BCUT2D eigenvalue weighted by Gasteiger charge is 2.21. The van der Waals surface area contributed by atoms with Crippen LogP contribution >= 0.6 is 0 Å². The third-order valence-electron chi connectivity index (χ3n) is 3.79. The molecule has 1 N–H and O–H groups in total. The van der Waals surface area contributed by atoms with Gasteiger partial charge in [-0.3, -0.25) is 0 Å². The van der Waals surface area contributed by atoms with Crippen molar-refractivity contribution < 1.29 is 4.39 Å². The van der Waals surface area contributed by atoms with E-state index in [0.717, 1.165) is 16.6 Å². The Kier molecular flexibility index (Phi) is 2.93. The number of rotatable bonds is 4. The number of nitrogens with one attached hydrogen (secondary N) is 1. The Morgan fingerprint density at radius 2 is 2.00 bits per heavy atom. The van der Waals surface area contributed by atoms with Crippen molar-refractivity contribution in [2.45, 2.75) is 25.4 Å². The van der Waals surface area contributed by atoms with Crippen LogP contribution in [0.2, 0.25) is 0 Å². The molecule has 21 heavy (non-hydrogen) atoms. The molecular formula is C16H15FN4. The van der Waals surface area contributed by atoms with E-state index in [4.69, 9.17) is 0 Å². The SMILES string of the molecule is Fc1cccc(CNC2CC2)c1-n1nnc2ccccc21. The third-order valence-corrected chi connectivity index (χ3v) is 3.79. The Morgan fingerprint density at radius 1 is 1.14 bits per heavy atom. The van der Waals surface area contributed by atoms with Crippen molar-refractivity contribution in [3.05, 3.63) is 53.8 Å². The summed E-state index contributed by atoms with van der Waals surface area (Å²) in [7, 11) is 0. The summed E-state index contributed by atoms with van der Waals surface area (Å²) >= 11 is 0. The third kappa shape index (κ3) is 2.29. The van der Waals surface area contributed by atoms with E-state index in [2.05, 4.69) is 15.6 Å². The van der Waals surface area contributed by atoms with Crippen LogP contribution in [0.25, 0.3) is 16.7 Å². The average molecular weight is 282 g/mol. The van der Waals surface area contributed by atoms with Crippen molar-refractivity contribution in [1.29, 1.82) is 0 Å². The first-order valence-electron chi connectivity index (χ1n) is 7.14. The van der Waals surface area contributed by atoms with E-state index < -0.39 is 0 Å². The van der Waals surface area contributed by atoms with Gasteiger partial charge in [0.2, 0.25) is 0 Å². The average Bonchev–Trinajstić information content (AvgIpc) is 3.24. The highest BCUT2D eigenvalue weighted by atomic mass is 19.1. The van der Waals surface area contributed by atoms with Crippen molar-refractivity contribution in [1.82, 2.24) is 20.3 Å². The molecular weight excluding hydrogens is 267 g/mol. The number of fused-ring (bicyclic) bond motifs is 1. The Balaban J connectivity index is 1.82. The van der Waals surface area contributed by atoms with Gasteiger partial charge in [-0.2, -0.15) is 0 Å². The fraction of sp³-hybridized carbons (Fsp3) is 0.250. The summed E-state index contributed by atoms with van der Waals surface area (Å²) in [6, 6.07) is 13.3. The monoisotopic (exact) mass is 282 g/mol. The van der Waals surface area contributed by atoms with E-state index in [-0.39, 0.29) is 5.82 Å². The number of nitrogens with zero attached hydrogens (tertiary/aromatic N) is 3. The van der Waals surface area contributed by atoms with E-state index in [1.807, 2.05) is 30.3 Å². The molecule has 1 aliphatic rings. The molecule has 0 saturated heterocycles. The first kappa shape index (κ1) is 12.5. The zero-order valence-corrected chi connectivity index (χ0v) is 11.5. The van der Waals surface area contributed by atoms with Crippen LogP contribution in [-0.4, -0.2) is 21.0 Å². The second kappa shape index (κ2) is 4.93. The van der Waals surface area contributed by atoms with Crippen molar-refractivity contribution >= 4 is 11.0 Å².